The topological polar surface area (TPSA) is 25.5 Å². The van der Waals surface area contributed by atoms with Crippen molar-refractivity contribution in [3.8, 4) is 28.1 Å². The molecule has 0 saturated heterocycles. The third kappa shape index (κ3) is 4.82. The molecule has 0 spiro atoms. The minimum absolute atomic E-state index is 0.956. The fourth-order valence-corrected chi connectivity index (χ4v) is 7.13. The van der Waals surface area contributed by atoms with Crippen LogP contribution in [0.2, 0.25) is 0 Å². The predicted molar refractivity (Wildman–Crippen MR) is 193 cm³/mol. The molecule has 2 aliphatic carbocycles. The van der Waals surface area contributed by atoms with Crippen LogP contribution in [0.25, 0.3) is 50.7 Å². The van der Waals surface area contributed by atoms with Gasteiger partial charge in [0.05, 0.1) is 11.2 Å². The molecule has 8 rings (SSSR count). The molecule has 3 aromatic carbocycles. The van der Waals surface area contributed by atoms with Crippen LogP contribution in [-0.2, 0) is 6.42 Å². The number of allylic oxidation sites excluding steroid dienone is 7. The first kappa shape index (κ1) is 28.1. The van der Waals surface area contributed by atoms with Crippen molar-refractivity contribution < 1.29 is 0 Å². The molecule has 0 radical (unpaired) electrons. The van der Waals surface area contributed by atoms with Crippen molar-refractivity contribution in [3.05, 3.63) is 150 Å². The fourth-order valence-electron chi connectivity index (χ4n) is 7.13. The Hall–Kier alpha value is -5.35. The zero-order valence-corrected chi connectivity index (χ0v) is 26.7. The van der Waals surface area contributed by atoms with Gasteiger partial charge in [0, 0.05) is 53.2 Å². The number of para-hydroxylation sites is 1. The van der Waals surface area contributed by atoms with Crippen LogP contribution >= 0.6 is 0 Å². The number of pyridine rings is 1. The predicted octanol–water partition coefficient (Wildman–Crippen LogP) is 10.6. The van der Waals surface area contributed by atoms with Crippen LogP contribution in [0.5, 0.6) is 0 Å². The van der Waals surface area contributed by atoms with Crippen molar-refractivity contribution in [1.82, 2.24) is 14.0 Å². The molecule has 3 aromatic heterocycles. The maximum Gasteiger partial charge on any atom is 0.137 e. The smallest absolute Gasteiger partial charge is 0.137 e. The van der Waals surface area contributed by atoms with Crippen molar-refractivity contribution in [3.63, 3.8) is 0 Å². The lowest BCUT2D eigenvalue weighted by atomic mass is 9.95. The summed E-state index contributed by atoms with van der Waals surface area (Å²) in [5.74, 6) is 0. The van der Waals surface area contributed by atoms with E-state index in [1.807, 2.05) is 24.4 Å². The van der Waals surface area contributed by atoms with E-state index in [9.17, 15) is 0 Å². The van der Waals surface area contributed by atoms with E-state index in [1.165, 1.54) is 61.5 Å². The molecule has 3 heterocycles. The molecule has 0 aliphatic heterocycles. The summed E-state index contributed by atoms with van der Waals surface area (Å²) in [7, 11) is 2.23. The second-order valence-electron chi connectivity index (χ2n) is 12.4. The van der Waals surface area contributed by atoms with Crippen LogP contribution in [0.15, 0.2) is 138 Å². The highest BCUT2D eigenvalue weighted by Gasteiger charge is 2.21. The molecule has 0 atom stereocenters. The van der Waals surface area contributed by atoms with Gasteiger partial charge in [-0.3, -0.25) is 0 Å². The maximum absolute atomic E-state index is 4.85. The molecule has 226 valence electrons. The van der Waals surface area contributed by atoms with Gasteiger partial charge in [0.25, 0.3) is 0 Å². The minimum atomic E-state index is 0.956. The van der Waals surface area contributed by atoms with Crippen molar-refractivity contribution >= 4 is 28.3 Å². The number of fused-ring (bicyclic) bond motifs is 4. The van der Waals surface area contributed by atoms with Gasteiger partial charge in [-0.25, -0.2) is 4.98 Å². The first-order valence-electron chi connectivity index (χ1n) is 16.3. The number of hydrogen-bond acceptors (Lipinski definition) is 2. The van der Waals surface area contributed by atoms with Crippen LogP contribution in [0, 0.1) is 0 Å². The average molecular weight is 599 g/mol. The summed E-state index contributed by atoms with van der Waals surface area (Å²) in [6, 6.07) is 30.9. The van der Waals surface area contributed by atoms with Gasteiger partial charge in [-0.05, 0) is 110 Å². The number of rotatable bonds is 6. The number of aryl methyl sites for hydroxylation is 1. The van der Waals surface area contributed by atoms with Gasteiger partial charge in [-0.15, -0.1) is 0 Å². The molecule has 0 saturated carbocycles. The van der Waals surface area contributed by atoms with Crippen LogP contribution in [-0.4, -0.2) is 21.0 Å². The van der Waals surface area contributed by atoms with E-state index in [4.69, 9.17) is 4.98 Å². The summed E-state index contributed by atoms with van der Waals surface area (Å²) in [5.41, 5.74) is 15.8. The number of hydrogen-bond donors (Lipinski definition) is 0. The molecule has 0 N–H and O–H groups in total. The summed E-state index contributed by atoms with van der Waals surface area (Å²) in [6.07, 6.45) is 19.8. The summed E-state index contributed by atoms with van der Waals surface area (Å²) >= 11 is 0. The molecular weight excluding hydrogens is 560 g/mol. The number of aromatic nitrogens is 3. The highest BCUT2D eigenvalue weighted by Crippen LogP contribution is 2.39. The Balaban J connectivity index is 1.30. The zero-order valence-electron chi connectivity index (χ0n) is 26.7. The highest BCUT2D eigenvalue weighted by molar-refractivity contribution is 5.91. The Morgan fingerprint density at radius 1 is 0.826 bits per heavy atom. The fraction of sp³-hybridized carbons (Fsp3) is 0.167. The number of imidazole rings is 1. The van der Waals surface area contributed by atoms with E-state index < -0.39 is 0 Å². The van der Waals surface area contributed by atoms with Crippen molar-refractivity contribution in [2.75, 3.05) is 11.9 Å². The van der Waals surface area contributed by atoms with E-state index in [0.717, 1.165) is 42.6 Å². The second kappa shape index (κ2) is 11.5. The molecule has 0 unspecified atom stereocenters. The van der Waals surface area contributed by atoms with Crippen LogP contribution in [0.1, 0.15) is 44.4 Å². The van der Waals surface area contributed by atoms with Gasteiger partial charge >= 0.3 is 0 Å². The quantitative estimate of drug-likeness (QED) is 0.191. The number of nitrogens with zero attached hydrogens (tertiary/aromatic N) is 4. The van der Waals surface area contributed by atoms with E-state index in [0.29, 0.717) is 0 Å². The highest BCUT2D eigenvalue weighted by atomic mass is 15.1. The molecule has 46 heavy (non-hydrogen) atoms. The van der Waals surface area contributed by atoms with Gasteiger partial charge in [0.2, 0.25) is 0 Å². The molecule has 6 aromatic rings. The van der Waals surface area contributed by atoms with Crippen molar-refractivity contribution in [2.45, 2.75) is 39.5 Å². The lowest BCUT2D eigenvalue weighted by molar-refractivity contribution is 0.878. The van der Waals surface area contributed by atoms with Crippen LogP contribution in [0.4, 0.5) is 5.69 Å². The molecule has 4 heteroatoms. The lowest BCUT2D eigenvalue weighted by Gasteiger charge is -2.29. The lowest BCUT2D eigenvalue weighted by Crippen LogP contribution is -2.20. The molecule has 0 amide bonds. The van der Waals surface area contributed by atoms with Gasteiger partial charge < -0.3 is 13.9 Å². The van der Waals surface area contributed by atoms with Gasteiger partial charge in [-0.2, -0.15) is 0 Å². The molecule has 2 aliphatic rings. The summed E-state index contributed by atoms with van der Waals surface area (Å²) in [5, 5.41) is 1.35. The third-order valence-electron chi connectivity index (χ3n) is 9.69. The SMILES string of the molecule is C/C=C(\C)C1=C(N(C)c2cc(-c3ccc(-c4cn5ccccc5n4)cc3)cc(-n3c4c(c5ccccc53)CCC=C4)c2)CCC=C1. The molecule has 4 nitrogen and oxygen atoms in total. The zero-order chi connectivity index (χ0) is 31.2. The Labute approximate surface area is 271 Å². The average Bonchev–Trinajstić information content (AvgIpc) is 3.71. The van der Waals surface area contributed by atoms with E-state index >= 15 is 0 Å². The van der Waals surface area contributed by atoms with E-state index in [-0.39, 0.29) is 0 Å². The first-order chi connectivity index (χ1) is 22.6. The minimum Gasteiger partial charge on any atom is -0.347 e. The Morgan fingerprint density at radius 3 is 2.46 bits per heavy atom. The van der Waals surface area contributed by atoms with Gasteiger partial charge in [0.15, 0.2) is 0 Å². The van der Waals surface area contributed by atoms with Crippen LogP contribution < -0.4 is 4.90 Å². The second-order valence-corrected chi connectivity index (χ2v) is 12.4. The Kier molecular flexibility index (Phi) is 7.06. The Morgan fingerprint density at radius 2 is 1.61 bits per heavy atom. The normalized spacial score (nSPS) is 14.8. The summed E-state index contributed by atoms with van der Waals surface area (Å²) < 4.78 is 4.55. The number of benzene rings is 3. The largest absolute Gasteiger partial charge is 0.347 e. The Bertz CT molecular complexity index is 2200. The first-order valence-corrected chi connectivity index (χ1v) is 16.3. The van der Waals surface area contributed by atoms with Gasteiger partial charge in [0.1, 0.15) is 5.65 Å². The molecule has 0 fully saturated rings. The summed E-state index contributed by atoms with van der Waals surface area (Å²) in [6.45, 7) is 4.35. The van der Waals surface area contributed by atoms with E-state index in [1.54, 1.807) is 0 Å². The monoisotopic (exact) mass is 598 g/mol. The number of anilines is 1. The standard InChI is InChI=1S/C42H38N4/c1-4-29(2)35-13-5-8-16-39(35)44(3)33-25-32(30-20-22-31(23-21-30)38-28-45-24-12-11-19-42(45)43-38)26-34(27-33)46-40-17-9-6-14-36(40)37-15-7-10-18-41(37)46/h4-6,9-14,17-28H,7-8,15-16H2,1-3H3/b29-4+. The van der Waals surface area contributed by atoms with Crippen LogP contribution in [0.3, 0.4) is 0 Å². The maximum atomic E-state index is 4.85. The molecular formula is C42H38N4. The van der Waals surface area contributed by atoms with Crippen molar-refractivity contribution in [1.29, 1.82) is 0 Å². The summed E-state index contributed by atoms with van der Waals surface area (Å²) in [4.78, 5) is 7.27. The van der Waals surface area contributed by atoms with E-state index in [2.05, 4.69) is 138 Å². The third-order valence-corrected chi connectivity index (χ3v) is 9.69. The van der Waals surface area contributed by atoms with Gasteiger partial charge in [-0.1, -0.05) is 72.8 Å². The van der Waals surface area contributed by atoms with Crippen molar-refractivity contribution in [2.24, 2.45) is 0 Å². The molecule has 0 bridgehead atoms.